The molecule has 178 valence electrons. The van der Waals surface area contributed by atoms with Crippen LogP contribution in [0.15, 0.2) is 54.6 Å². The van der Waals surface area contributed by atoms with Gasteiger partial charge in [0.15, 0.2) is 0 Å². The van der Waals surface area contributed by atoms with Crippen molar-refractivity contribution in [2.24, 2.45) is 23.6 Å². The van der Waals surface area contributed by atoms with Crippen molar-refractivity contribution >= 4 is 18.5 Å². The first-order valence-electron chi connectivity index (χ1n) is 11.7. The third kappa shape index (κ3) is 8.18. The number of ether oxygens (including phenoxy) is 2. The first-order chi connectivity index (χ1) is 16.1. The Kier molecular flexibility index (Phi) is 9.72. The number of nitrogens with zero attached hydrogens (tertiary/aromatic N) is 2. The average Bonchev–Trinajstić information content (AvgIpc) is 3.63. The number of hydrogen-bond acceptors (Lipinski definition) is 6. The van der Waals surface area contributed by atoms with Gasteiger partial charge in [0.25, 0.3) is 6.47 Å². The number of nitrogens with two attached hydrogens (primary N) is 1. The van der Waals surface area contributed by atoms with E-state index in [1.165, 1.54) is 43.8 Å². The highest BCUT2D eigenvalue weighted by Crippen LogP contribution is 2.49. The predicted octanol–water partition coefficient (Wildman–Crippen LogP) is 4.08. The minimum atomic E-state index is 0.365. The molecule has 7 heteroatoms. The van der Waals surface area contributed by atoms with E-state index >= 15 is 0 Å². The fourth-order valence-corrected chi connectivity index (χ4v) is 4.46. The third-order valence-corrected chi connectivity index (χ3v) is 6.54. The summed E-state index contributed by atoms with van der Waals surface area (Å²) in [5.41, 5.74) is 1.80. The monoisotopic (exact) mass is 452 g/mol. The van der Waals surface area contributed by atoms with Gasteiger partial charge in [-0.05, 0) is 93.4 Å². The Hall–Kier alpha value is -2.90. The standard InChI is InChI=1S/C18H28N4O.C8H8O2/c1-21-9-6-14(7-10-21)18-12-15(18)8-11-23-17-4-2-16(3-5-17)22(20)13-19;9-7-10-6-8-4-2-1-3-5-8/h2-5,13-15,18-19H,6-12,20H2,1H3;1-5,7H,6H2. The van der Waals surface area contributed by atoms with E-state index in [2.05, 4.69) is 16.7 Å². The van der Waals surface area contributed by atoms with Crippen LogP contribution in [0.25, 0.3) is 0 Å². The molecule has 1 saturated carbocycles. The Morgan fingerprint density at radius 1 is 1.12 bits per heavy atom. The Labute approximate surface area is 196 Å². The molecule has 1 heterocycles. The molecule has 0 amide bonds. The molecule has 2 aromatic rings. The van der Waals surface area contributed by atoms with E-state index in [1.807, 2.05) is 54.6 Å². The van der Waals surface area contributed by atoms with Crippen molar-refractivity contribution in [2.75, 3.05) is 31.8 Å². The summed E-state index contributed by atoms with van der Waals surface area (Å²) < 4.78 is 10.4. The van der Waals surface area contributed by atoms with Crippen LogP contribution in [0.2, 0.25) is 0 Å². The predicted molar refractivity (Wildman–Crippen MR) is 131 cm³/mol. The highest BCUT2D eigenvalue weighted by Gasteiger charge is 2.42. The van der Waals surface area contributed by atoms with Crippen LogP contribution in [0.3, 0.4) is 0 Å². The first-order valence-corrected chi connectivity index (χ1v) is 11.7. The number of benzene rings is 2. The zero-order valence-corrected chi connectivity index (χ0v) is 19.4. The number of likely N-dealkylation sites (tertiary alicyclic amines) is 1. The van der Waals surface area contributed by atoms with Crippen molar-refractivity contribution in [1.82, 2.24) is 4.90 Å². The fourth-order valence-electron chi connectivity index (χ4n) is 4.46. The Bertz CT molecular complexity index is 838. The van der Waals surface area contributed by atoms with Gasteiger partial charge in [0.05, 0.1) is 12.3 Å². The van der Waals surface area contributed by atoms with E-state index in [0.29, 0.717) is 13.1 Å². The van der Waals surface area contributed by atoms with Gasteiger partial charge in [-0.3, -0.25) is 15.2 Å². The molecule has 3 N–H and O–H groups in total. The van der Waals surface area contributed by atoms with Gasteiger partial charge in [0, 0.05) is 0 Å². The van der Waals surface area contributed by atoms with Gasteiger partial charge in [-0.15, -0.1) is 0 Å². The summed E-state index contributed by atoms with van der Waals surface area (Å²) in [5, 5.41) is 8.40. The molecule has 33 heavy (non-hydrogen) atoms. The van der Waals surface area contributed by atoms with Crippen LogP contribution in [0.1, 0.15) is 31.2 Å². The second-order valence-corrected chi connectivity index (χ2v) is 8.86. The molecule has 2 aliphatic rings. The molecular weight excluding hydrogens is 416 g/mol. The van der Waals surface area contributed by atoms with Gasteiger partial charge < -0.3 is 14.4 Å². The second kappa shape index (κ2) is 13.0. The van der Waals surface area contributed by atoms with E-state index in [9.17, 15) is 4.79 Å². The number of piperidine rings is 1. The van der Waals surface area contributed by atoms with E-state index in [0.717, 1.165) is 47.7 Å². The number of hydrazine groups is 1. The van der Waals surface area contributed by atoms with E-state index in [4.69, 9.17) is 16.0 Å². The molecule has 7 nitrogen and oxygen atoms in total. The fraction of sp³-hybridized carbons (Fsp3) is 0.462. The molecule has 2 fully saturated rings. The van der Waals surface area contributed by atoms with Crippen molar-refractivity contribution in [3.63, 3.8) is 0 Å². The van der Waals surface area contributed by atoms with Crippen molar-refractivity contribution in [1.29, 1.82) is 5.41 Å². The topological polar surface area (TPSA) is 91.9 Å². The number of rotatable bonds is 10. The van der Waals surface area contributed by atoms with Crippen molar-refractivity contribution in [2.45, 2.75) is 32.3 Å². The van der Waals surface area contributed by atoms with Crippen molar-refractivity contribution in [3.05, 3.63) is 60.2 Å². The maximum absolute atomic E-state index is 9.76. The van der Waals surface area contributed by atoms with Gasteiger partial charge >= 0.3 is 0 Å². The zero-order valence-electron chi connectivity index (χ0n) is 19.4. The molecule has 0 aromatic heterocycles. The van der Waals surface area contributed by atoms with Crippen LogP contribution in [-0.2, 0) is 16.1 Å². The second-order valence-electron chi connectivity index (χ2n) is 8.86. The molecular formula is C26H36N4O3. The Morgan fingerprint density at radius 3 is 2.45 bits per heavy atom. The lowest BCUT2D eigenvalue weighted by molar-refractivity contribution is -0.129. The maximum Gasteiger partial charge on any atom is 0.293 e. The van der Waals surface area contributed by atoms with E-state index in [-0.39, 0.29) is 0 Å². The molecule has 1 saturated heterocycles. The summed E-state index contributed by atoms with van der Waals surface area (Å²) in [6.45, 7) is 4.15. The molecule has 1 aliphatic heterocycles. The highest BCUT2D eigenvalue weighted by atomic mass is 16.5. The molecule has 0 spiro atoms. The lowest BCUT2D eigenvalue weighted by atomic mass is 9.91. The Balaban J connectivity index is 0.000000257. The van der Waals surface area contributed by atoms with Crippen molar-refractivity contribution in [3.8, 4) is 5.75 Å². The van der Waals surface area contributed by atoms with Gasteiger partial charge in [0.1, 0.15) is 18.7 Å². The molecule has 2 unspecified atom stereocenters. The minimum Gasteiger partial charge on any atom is -0.494 e. The minimum absolute atomic E-state index is 0.365. The zero-order chi connectivity index (χ0) is 23.5. The normalized spacial score (nSPS) is 20.2. The smallest absolute Gasteiger partial charge is 0.293 e. The Morgan fingerprint density at radius 2 is 1.82 bits per heavy atom. The van der Waals surface area contributed by atoms with Crippen LogP contribution in [0.5, 0.6) is 5.75 Å². The number of carbonyl (C=O) groups excluding carboxylic acids is 1. The summed E-state index contributed by atoms with van der Waals surface area (Å²) in [7, 11) is 2.23. The summed E-state index contributed by atoms with van der Waals surface area (Å²) in [4.78, 5) is 12.2. The number of carbonyl (C=O) groups is 1. The lowest BCUT2D eigenvalue weighted by Gasteiger charge is -2.29. The first kappa shape index (κ1) is 24.7. The summed E-state index contributed by atoms with van der Waals surface area (Å²) in [6, 6.07) is 17.1. The quantitative estimate of drug-likeness (QED) is 0.186. The number of nitrogens with one attached hydrogen (secondary N) is 1. The number of hydrogen-bond donors (Lipinski definition) is 2. The summed E-state index contributed by atoms with van der Waals surface area (Å²) >= 11 is 0. The number of anilines is 1. The van der Waals surface area contributed by atoms with Gasteiger partial charge in [-0.1, -0.05) is 30.3 Å². The molecule has 0 radical (unpaired) electrons. The average molecular weight is 453 g/mol. The summed E-state index contributed by atoms with van der Waals surface area (Å²) in [6.07, 6.45) is 6.41. The van der Waals surface area contributed by atoms with Gasteiger partial charge in [-0.2, -0.15) is 0 Å². The molecule has 0 bridgehead atoms. The van der Waals surface area contributed by atoms with Crippen LogP contribution in [0, 0.1) is 23.2 Å². The maximum atomic E-state index is 9.76. The van der Waals surface area contributed by atoms with E-state index in [1.54, 1.807) is 0 Å². The van der Waals surface area contributed by atoms with Crippen LogP contribution in [-0.4, -0.2) is 44.5 Å². The summed E-state index contributed by atoms with van der Waals surface area (Å²) in [5.74, 6) is 9.29. The van der Waals surface area contributed by atoms with Crippen LogP contribution >= 0.6 is 0 Å². The van der Waals surface area contributed by atoms with Gasteiger partial charge in [-0.25, -0.2) is 5.84 Å². The van der Waals surface area contributed by atoms with E-state index < -0.39 is 0 Å². The van der Waals surface area contributed by atoms with Crippen LogP contribution < -0.4 is 15.6 Å². The lowest BCUT2D eigenvalue weighted by Crippen LogP contribution is -2.31. The highest BCUT2D eigenvalue weighted by molar-refractivity contribution is 5.75. The molecule has 4 rings (SSSR count). The molecule has 2 aromatic carbocycles. The van der Waals surface area contributed by atoms with Crippen LogP contribution in [0.4, 0.5) is 5.69 Å². The van der Waals surface area contributed by atoms with Crippen molar-refractivity contribution < 1.29 is 14.3 Å². The SMILES string of the molecule is CN1CCC(C2CC2CCOc2ccc(N(N)C=N)cc2)CC1.O=COCc1ccccc1. The van der Waals surface area contributed by atoms with Gasteiger partial charge in [0.2, 0.25) is 0 Å². The molecule has 1 aliphatic carbocycles. The molecule has 2 atom stereocenters. The largest absolute Gasteiger partial charge is 0.494 e. The third-order valence-electron chi connectivity index (χ3n) is 6.54.